The van der Waals surface area contributed by atoms with Crippen molar-refractivity contribution in [3.8, 4) is 5.75 Å². The smallest absolute Gasteiger partial charge is 0.291 e. The number of hydrogen-bond donors (Lipinski definition) is 0. The molecule has 0 saturated heterocycles. The van der Waals surface area contributed by atoms with E-state index in [-0.39, 0.29) is 10.6 Å². The third-order valence-electron chi connectivity index (χ3n) is 4.16. The largest absolute Gasteiger partial charge is 0.474 e. The molecule has 2 heterocycles. The molecule has 5 nitrogen and oxygen atoms in total. The van der Waals surface area contributed by atoms with E-state index in [2.05, 4.69) is 0 Å². The van der Waals surface area contributed by atoms with Gasteiger partial charge in [0.2, 0.25) is 6.10 Å². The van der Waals surface area contributed by atoms with Gasteiger partial charge in [-0.2, -0.15) is 0 Å². The van der Waals surface area contributed by atoms with Gasteiger partial charge in [-0.1, -0.05) is 36.4 Å². The van der Waals surface area contributed by atoms with E-state index in [0.717, 1.165) is 22.0 Å². The molecule has 0 spiro atoms. The van der Waals surface area contributed by atoms with Crippen LogP contribution in [0.1, 0.15) is 17.2 Å². The molecule has 0 amide bonds. The summed E-state index contributed by atoms with van der Waals surface area (Å²) in [4.78, 5) is 11.2. The molecule has 0 aliphatic carbocycles. The highest BCUT2D eigenvalue weighted by atomic mass is 16.6. The van der Waals surface area contributed by atoms with Crippen LogP contribution in [0, 0.1) is 10.1 Å². The second-order valence-corrected chi connectivity index (χ2v) is 5.57. The van der Waals surface area contributed by atoms with Crippen LogP contribution in [0.25, 0.3) is 17.0 Å². The van der Waals surface area contributed by atoms with Gasteiger partial charge in [0.05, 0.1) is 4.92 Å². The van der Waals surface area contributed by atoms with Crippen molar-refractivity contribution in [3.63, 3.8) is 0 Å². The highest BCUT2D eigenvalue weighted by molar-refractivity contribution is 5.85. The van der Waals surface area contributed by atoms with Gasteiger partial charge in [-0.3, -0.25) is 10.1 Å². The Balaban J connectivity index is 1.92. The number of para-hydroxylation sites is 2. The number of benzene rings is 2. The van der Waals surface area contributed by atoms with Gasteiger partial charge in [-0.05, 0) is 12.1 Å². The van der Waals surface area contributed by atoms with E-state index in [9.17, 15) is 10.1 Å². The molecule has 0 fully saturated rings. The first-order valence-electron chi connectivity index (χ1n) is 7.31. The summed E-state index contributed by atoms with van der Waals surface area (Å²) in [5.41, 5.74) is 2.61. The maximum Gasteiger partial charge on any atom is 0.291 e. The van der Waals surface area contributed by atoms with Crippen LogP contribution in [0.2, 0.25) is 0 Å². The molecule has 1 unspecified atom stereocenters. The molecular formula is C18H14N2O3. The Morgan fingerprint density at radius 2 is 1.87 bits per heavy atom. The summed E-state index contributed by atoms with van der Waals surface area (Å²) in [5.74, 6) is 0.663. The molecule has 1 aliphatic rings. The monoisotopic (exact) mass is 306 g/mol. The van der Waals surface area contributed by atoms with Crippen LogP contribution in [-0.4, -0.2) is 9.49 Å². The third-order valence-corrected chi connectivity index (χ3v) is 4.16. The molecule has 1 aliphatic heterocycles. The predicted octanol–water partition coefficient (Wildman–Crippen LogP) is 3.93. The first kappa shape index (κ1) is 13.6. The maximum absolute atomic E-state index is 11.5. The minimum Gasteiger partial charge on any atom is -0.474 e. The molecule has 0 saturated carbocycles. The maximum atomic E-state index is 11.5. The fourth-order valence-corrected chi connectivity index (χ4v) is 3.08. The van der Waals surface area contributed by atoms with E-state index in [1.54, 1.807) is 6.08 Å². The Morgan fingerprint density at radius 3 is 2.70 bits per heavy atom. The van der Waals surface area contributed by atoms with Crippen molar-refractivity contribution in [1.82, 2.24) is 4.57 Å². The van der Waals surface area contributed by atoms with Gasteiger partial charge in [-0.25, -0.2) is 0 Å². The normalized spacial score (nSPS) is 16.6. The molecule has 5 heteroatoms. The van der Waals surface area contributed by atoms with Crippen LogP contribution >= 0.6 is 0 Å². The van der Waals surface area contributed by atoms with Crippen LogP contribution in [-0.2, 0) is 7.05 Å². The number of fused-ring (bicyclic) bond motifs is 2. The van der Waals surface area contributed by atoms with Gasteiger partial charge in [0.25, 0.3) is 5.70 Å². The lowest BCUT2D eigenvalue weighted by Crippen LogP contribution is -2.19. The number of nitro groups is 1. The first-order valence-corrected chi connectivity index (χ1v) is 7.31. The van der Waals surface area contributed by atoms with Crippen molar-refractivity contribution < 1.29 is 9.66 Å². The summed E-state index contributed by atoms with van der Waals surface area (Å²) in [6, 6.07) is 15.2. The summed E-state index contributed by atoms with van der Waals surface area (Å²) in [6.45, 7) is 0. The van der Waals surface area contributed by atoms with Crippen LogP contribution < -0.4 is 4.74 Å². The van der Waals surface area contributed by atoms with Gasteiger partial charge in [0.15, 0.2) is 0 Å². The molecule has 1 atom stereocenters. The summed E-state index contributed by atoms with van der Waals surface area (Å²) in [7, 11) is 1.93. The zero-order chi connectivity index (χ0) is 16.0. The van der Waals surface area contributed by atoms with Gasteiger partial charge in [0, 0.05) is 41.4 Å². The second-order valence-electron chi connectivity index (χ2n) is 5.57. The fourth-order valence-electron chi connectivity index (χ4n) is 3.08. The van der Waals surface area contributed by atoms with Crippen molar-refractivity contribution in [1.29, 1.82) is 0 Å². The van der Waals surface area contributed by atoms with E-state index in [1.807, 2.05) is 66.3 Å². The van der Waals surface area contributed by atoms with E-state index >= 15 is 0 Å². The number of aryl methyl sites for hydroxylation is 1. The summed E-state index contributed by atoms with van der Waals surface area (Å²) in [6.07, 6.45) is 2.79. The number of ether oxygens (including phenoxy) is 1. The highest BCUT2D eigenvalue weighted by Crippen LogP contribution is 2.40. The van der Waals surface area contributed by atoms with Gasteiger partial charge < -0.3 is 9.30 Å². The molecule has 23 heavy (non-hydrogen) atoms. The topological polar surface area (TPSA) is 57.3 Å². The van der Waals surface area contributed by atoms with Crippen molar-refractivity contribution in [3.05, 3.63) is 81.7 Å². The first-order chi connectivity index (χ1) is 11.1. The lowest BCUT2D eigenvalue weighted by atomic mass is 10.0. The SMILES string of the molecule is Cn1cc(C2Oc3ccccc3C=C2[N+](=O)[O-])c2ccccc21. The average Bonchev–Trinajstić information content (AvgIpc) is 2.91. The molecule has 1 aromatic heterocycles. The molecule has 114 valence electrons. The Morgan fingerprint density at radius 1 is 1.13 bits per heavy atom. The number of aromatic nitrogens is 1. The van der Waals surface area contributed by atoms with E-state index in [0.29, 0.717) is 5.75 Å². The molecule has 2 aromatic carbocycles. The molecule has 0 N–H and O–H groups in total. The van der Waals surface area contributed by atoms with Gasteiger partial charge in [-0.15, -0.1) is 0 Å². The molecule has 3 aromatic rings. The zero-order valence-corrected chi connectivity index (χ0v) is 12.5. The molecule has 0 radical (unpaired) electrons. The van der Waals surface area contributed by atoms with Crippen molar-refractivity contribution in [2.24, 2.45) is 7.05 Å². The number of nitrogens with zero attached hydrogens (tertiary/aromatic N) is 2. The average molecular weight is 306 g/mol. The highest BCUT2D eigenvalue weighted by Gasteiger charge is 2.34. The Labute approximate surface area is 132 Å². The Hall–Kier alpha value is -3.08. The summed E-state index contributed by atoms with van der Waals surface area (Å²) < 4.78 is 7.95. The van der Waals surface area contributed by atoms with E-state index in [4.69, 9.17) is 4.74 Å². The minimum absolute atomic E-state index is 0.0556. The van der Waals surface area contributed by atoms with E-state index < -0.39 is 6.10 Å². The number of rotatable bonds is 2. The quantitative estimate of drug-likeness (QED) is 0.532. The van der Waals surface area contributed by atoms with E-state index in [1.165, 1.54) is 0 Å². The zero-order valence-electron chi connectivity index (χ0n) is 12.5. The minimum atomic E-state index is -0.717. The molecule has 0 bridgehead atoms. The summed E-state index contributed by atoms with van der Waals surface area (Å²) >= 11 is 0. The van der Waals surface area contributed by atoms with Crippen molar-refractivity contribution in [2.45, 2.75) is 6.10 Å². The van der Waals surface area contributed by atoms with Crippen LogP contribution in [0.15, 0.2) is 60.4 Å². The fraction of sp³-hybridized carbons (Fsp3) is 0.111. The molecular weight excluding hydrogens is 292 g/mol. The number of hydrogen-bond acceptors (Lipinski definition) is 3. The van der Waals surface area contributed by atoms with Crippen molar-refractivity contribution in [2.75, 3.05) is 0 Å². The second kappa shape index (κ2) is 4.98. The lowest BCUT2D eigenvalue weighted by Gasteiger charge is -2.22. The molecule has 4 rings (SSSR count). The van der Waals surface area contributed by atoms with Crippen molar-refractivity contribution >= 4 is 17.0 Å². The predicted molar refractivity (Wildman–Crippen MR) is 87.7 cm³/mol. The Kier molecular flexibility index (Phi) is 2.94. The lowest BCUT2D eigenvalue weighted by molar-refractivity contribution is -0.434. The third kappa shape index (κ3) is 2.09. The Bertz CT molecular complexity index is 956. The van der Waals surface area contributed by atoms with Gasteiger partial charge in [0.1, 0.15) is 5.75 Å². The van der Waals surface area contributed by atoms with Crippen LogP contribution in [0.3, 0.4) is 0 Å². The van der Waals surface area contributed by atoms with Crippen LogP contribution in [0.5, 0.6) is 5.75 Å². The standard InChI is InChI=1S/C18H14N2O3/c1-19-11-14(13-7-3-4-8-15(13)19)18-16(20(21)22)10-12-6-2-5-9-17(12)23-18/h2-11,18H,1H3. The van der Waals surface area contributed by atoms with Crippen LogP contribution in [0.4, 0.5) is 0 Å². The summed E-state index contributed by atoms with van der Waals surface area (Å²) in [5, 5.41) is 12.5. The van der Waals surface area contributed by atoms with Gasteiger partial charge >= 0.3 is 0 Å².